The highest BCUT2D eigenvalue weighted by Gasteiger charge is 2.56. The molecular weight excluding hydrogens is 592 g/mol. The Balaban J connectivity index is 1.35. The average Bonchev–Trinajstić information content (AvgIpc) is 3.45. The molecule has 1 fully saturated rings. The first-order valence-electron chi connectivity index (χ1n) is 13.3. The molecule has 0 aliphatic carbocycles. The number of aromatic nitrogens is 2. The number of carbonyl (C=O) groups excluding carboxylic acids is 4. The molecule has 13 heteroatoms. The quantitative estimate of drug-likeness (QED) is 0.180. The number of ether oxygens (including phenoxy) is 1. The summed E-state index contributed by atoms with van der Waals surface area (Å²) in [7, 11) is 0. The topological polar surface area (TPSA) is 148 Å². The highest BCUT2D eigenvalue weighted by molar-refractivity contribution is 8.00. The van der Waals surface area contributed by atoms with Crippen molar-refractivity contribution >= 4 is 58.2 Å². The number of aromatic hydroxyl groups is 1. The second-order valence-electron chi connectivity index (χ2n) is 9.83. The number of hydrogen-bond donors (Lipinski definition) is 2. The molecule has 3 atom stereocenters. The van der Waals surface area contributed by atoms with Gasteiger partial charge in [0, 0.05) is 28.9 Å². The monoisotopic (exact) mass is 616 g/mol. The number of phenols is 1. The van der Waals surface area contributed by atoms with Gasteiger partial charge in [0.05, 0.1) is 28.8 Å². The molecule has 0 radical (unpaired) electrons. The summed E-state index contributed by atoms with van der Waals surface area (Å²) in [6, 6.07) is 15.5. The molecule has 2 N–H and O–H groups in total. The summed E-state index contributed by atoms with van der Waals surface area (Å²) >= 11 is 2.04. The minimum atomic E-state index is -0.865. The Morgan fingerprint density at radius 3 is 2.44 bits per heavy atom. The largest absolute Gasteiger partial charge is 0.508 e. The number of nitrogens with one attached hydrogen (secondary N) is 1. The summed E-state index contributed by atoms with van der Waals surface area (Å²) in [5.41, 5.74) is 1.72. The van der Waals surface area contributed by atoms with E-state index in [2.05, 4.69) is 10.3 Å². The van der Waals surface area contributed by atoms with Crippen molar-refractivity contribution < 1.29 is 29.0 Å². The molecule has 2 aliphatic heterocycles. The highest BCUT2D eigenvalue weighted by atomic mass is 32.2. The molecule has 2 aromatic carbocycles. The van der Waals surface area contributed by atoms with E-state index in [0.29, 0.717) is 32.4 Å². The standard InChI is InChI=1S/C30H24N4O7S2/c1-2-41-29(39)16-5-9-19(10-6-16)34-26(37)23-22(17-4-3-13-31-14-17)25-28(42-24(23)27(34)38)33(30(40)43-25)15-21(36)32-18-7-11-20(35)12-8-18/h3-14,22-24,35H,2,15H2,1H3,(H,32,36)/t22-,23-,24+/m0/s1. The van der Waals surface area contributed by atoms with Crippen LogP contribution in [0.2, 0.25) is 0 Å². The SMILES string of the molecule is CCOC(=O)c1ccc(N2C(=O)[C@H]3[C@H](c4cccnc4)c4sc(=O)n(CC(=O)Nc5ccc(O)cc5)c4S[C@H]3C2=O)cc1. The highest BCUT2D eigenvalue weighted by Crippen LogP contribution is 2.53. The van der Waals surface area contributed by atoms with Gasteiger partial charge in [-0.3, -0.25) is 28.7 Å². The van der Waals surface area contributed by atoms with Gasteiger partial charge in [0.15, 0.2) is 0 Å². The molecule has 0 spiro atoms. The van der Waals surface area contributed by atoms with Gasteiger partial charge in [-0.1, -0.05) is 29.2 Å². The lowest BCUT2D eigenvalue weighted by Crippen LogP contribution is -2.33. The Bertz CT molecular complexity index is 1790. The van der Waals surface area contributed by atoms with Gasteiger partial charge in [-0.2, -0.15) is 0 Å². The number of imide groups is 1. The van der Waals surface area contributed by atoms with Gasteiger partial charge in [-0.25, -0.2) is 9.69 Å². The number of pyridine rings is 1. The number of benzene rings is 2. The third-order valence-corrected chi connectivity index (χ3v) is 9.79. The van der Waals surface area contributed by atoms with Gasteiger partial charge in [-0.15, -0.1) is 0 Å². The fourth-order valence-corrected chi connectivity index (χ4v) is 8.05. The first kappa shape index (κ1) is 28.4. The second kappa shape index (κ2) is 11.5. The Labute approximate surface area is 253 Å². The zero-order valence-corrected chi connectivity index (χ0v) is 24.3. The molecule has 0 bridgehead atoms. The molecule has 4 aromatic rings. The van der Waals surface area contributed by atoms with Crippen molar-refractivity contribution in [2.45, 2.75) is 29.7 Å². The number of carbonyl (C=O) groups is 4. The van der Waals surface area contributed by atoms with E-state index in [4.69, 9.17) is 4.74 Å². The zero-order chi connectivity index (χ0) is 30.2. The van der Waals surface area contributed by atoms with Crippen molar-refractivity contribution in [3.8, 4) is 5.75 Å². The van der Waals surface area contributed by atoms with Crippen LogP contribution in [0.25, 0.3) is 0 Å². The lowest BCUT2D eigenvalue weighted by atomic mass is 9.84. The molecule has 4 heterocycles. The Hall–Kier alpha value is -4.75. The third-order valence-electron chi connectivity index (χ3n) is 7.18. The number of nitrogens with zero attached hydrogens (tertiary/aromatic N) is 3. The molecule has 2 aromatic heterocycles. The lowest BCUT2D eigenvalue weighted by Gasteiger charge is -2.30. The first-order chi connectivity index (χ1) is 20.8. The van der Waals surface area contributed by atoms with Crippen molar-refractivity contribution in [1.29, 1.82) is 0 Å². The Morgan fingerprint density at radius 2 is 1.77 bits per heavy atom. The average molecular weight is 617 g/mol. The van der Waals surface area contributed by atoms with E-state index in [1.807, 2.05) is 0 Å². The smallest absolute Gasteiger partial charge is 0.338 e. The summed E-state index contributed by atoms with van der Waals surface area (Å²) in [6.45, 7) is 1.61. The summed E-state index contributed by atoms with van der Waals surface area (Å²) in [4.78, 5) is 71.7. The number of esters is 1. The fraction of sp³-hybridized carbons (Fsp3) is 0.200. The third kappa shape index (κ3) is 5.21. The Morgan fingerprint density at radius 1 is 1.02 bits per heavy atom. The number of rotatable bonds is 7. The minimum absolute atomic E-state index is 0.0493. The van der Waals surface area contributed by atoms with E-state index >= 15 is 0 Å². The van der Waals surface area contributed by atoms with Gasteiger partial charge in [0.25, 0.3) is 0 Å². The molecule has 0 saturated carbocycles. The molecule has 43 heavy (non-hydrogen) atoms. The summed E-state index contributed by atoms with van der Waals surface area (Å²) in [6.07, 6.45) is 3.21. The lowest BCUT2D eigenvalue weighted by molar-refractivity contribution is -0.122. The molecule has 6 rings (SSSR count). The van der Waals surface area contributed by atoms with Gasteiger partial charge < -0.3 is 15.2 Å². The van der Waals surface area contributed by atoms with Crippen LogP contribution in [-0.2, 0) is 25.7 Å². The molecule has 2 aliphatic rings. The zero-order valence-electron chi connectivity index (χ0n) is 22.6. The van der Waals surface area contributed by atoms with E-state index in [1.165, 1.54) is 53.1 Å². The molecule has 0 unspecified atom stereocenters. The maximum absolute atomic E-state index is 14.0. The van der Waals surface area contributed by atoms with Gasteiger partial charge in [-0.05, 0) is 67.1 Å². The normalized spacial score (nSPS) is 19.1. The summed E-state index contributed by atoms with van der Waals surface area (Å²) in [5, 5.41) is 11.8. The van der Waals surface area contributed by atoms with E-state index < -0.39 is 45.6 Å². The van der Waals surface area contributed by atoms with E-state index in [1.54, 1.807) is 31.5 Å². The van der Waals surface area contributed by atoms with Crippen molar-refractivity contribution in [3.63, 3.8) is 0 Å². The number of thiazole rings is 1. The maximum atomic E-state index is 14.0. The molecular formula is C30H24N4O7S2. The number of hydrogen-bond acceptors (Lipinski definition) is 10. The maximum Gasteiger partial charge on any atom is 0.338 e. The summed E-state index contributed by atoms with van der Waals surface area (Å²) in [5.74, 6) is -3.28. The van der Waals surface area contributed by atoms with Crippen LogP contribution >= 0.6 is 23.1 Å². The predicted molar refractivity (Wildman–Crippen MR) is 159 cm³/mol. The van der Waals surface area contributed by atoms with Gasteiger partial charge >= 0.3 is 10.8 Å². The van der Waals surface area contributed by atoms with Crippen LogP contribution in [0.1, 0.15) is 33.6 Å². The first-order valence-corrected chi connectivity index (χ1v) is 15.0. The van der Waals surface area contributed by atoms with Crippen LogP contribution < -0.4 is 15.1 Å². The predicted octanol–water partition coefficient (Wildman–Crippen LogP) is 3.62. The van der Waals surface area contributed by atoms with Crippen LogP contribution in [0.15, 0.2) is 82.9 Å². The number of phenolic OH excluding ortho intramolecular Hbond substituents is 1. The second-order valence-corrected chi connectivity index (χ2v) is 11.9. The van der Waals surface area contributed by atoms with Crippen LogP contribution in [0.5, 0.6) is 5.75 Å². The number of anilines is 2. The molecule has 218 valence electrons. The Kier molecular flexibility index (Phi) is 7.59. The molecule has 3 amide bonds. The summed E-state index contributed by atoms with van der Waals surface area (Å²) < 4.78 is 6.36. The van der Waals surface area contributed by atoms with E-state index in [-0.39, 0.29) is 18.9 Å². The van der Waals surface area contributed by atoms with Gasteiger partial charge in [0.2, 0.25) is 17.7 Å². The van der Waals surface area contributed by atoms with Crippen LogP contribution in [-0.4, -0.2) is 50.2 Å². The number of thioether (sulfide) groups is 1. The minimum Gasteiger partial charge on any atom is -0.508 e. The van der Waals surface area contributed by atoms with Crippen LogP contribution in [0, 0.1) is 5.92 Å². The van der Waals surface area contributed by atoms with Crippen molar-refractivity contribution in [2.75, 3.05) is 16.8 Å². The fourth-order valence-electron chi connectivity index (χ4n) is 5.28. The number of amides is 3. The van der Waals surface area contributed by atoms with E-state index in [0.717, 1.165) is 28.0 Å². The van der Waals surface area contributed by atoms with Crippen molar-refractivity contribution in [2.24, 2.45) is 5.92 Å². The van der Waals surface area contributed by atoms with Crippen LogP contribution in [0.3, 0.4) is 0 Å². The van der Waals surface area contributed by atoms with E-state index in [9.17, 15) is 29.1 Å². The van der Waals surface area contributed by atoms with Crippen molar-refractivity contribution in [3.05, 3.63) is 98.7 Å². The number of fused-ring (bicyclic) bond motifs is 2. The van der Waals surface area contributed by atoms with Crippen molar-refractivity contribution in [1.82, 2.24) is 9.55 Å². The molecule has 1 saturated heterocycles. The van der Waals surface area contributed by atoms with Gasteiger partial charge in [0.1, 0.15) is 17.5 Å². The van der Waals surface area contributed by atoms with Crippen LogP contribution in [0.4, 0.5) is 11.4 Å². The molecule has 11 nitrogen and oxygen atoms in total.